The summed E-state index contributed by atoms with van der Waals surface area (Å²) in [4.78, 5) is 21.0. The maximum absolute atomic E-state index is 14.0. The van der Waals surface area contributed by atoms with Gasteiger partial charge in [-0.15, -0.1) is 5.10 Å². The molecule has 5 rings (SSSR count). The van der Waals surface area contributed by atoms with E-state index >= 15 is 0 Å². The zero-order chi connectivity index (χ0) is 26.9. The molecule has 0 unspecified atom stereocenters. The van der Waals surface area contributed by atoms with Crippen molar-refractivity contribution in [1.29, 1.82) is 0 Å². The van der Waals surface area contributed by atoms with Crippen LogP contribution in [0.5, 0.6) is 0 Å². The highest BCUT2D eigenvalue weighted by atomic mass is 19.4. The third kappa shape index (κ3) is 5.37. The number of halogens is 3. The summed E-state index contributed by atoms with van der Waals surface area (Å²) >= 11 is 0. The Labute approximate surface area is 217 Å². The molecule has 0 spiro atoms. The number of likely N-dealkylation sites (N-methyl/N-ethyl adjacent to an activating group) is 1. The van der Waals surface area contributed by atoms with Crippen LogP contribution in [0.3, 0.4) is 0 Å². The van der Waals surface area contributed by atoms with E-state index in [1.54, 1.807) is 52.4 Å². The van der Waals surface area contributed by atoms with Gasteiger partial charge in [0.15, 0.2) is 0 Å². The van der Waals surface area contributed by atoms with Crippen molar-refractivity contribution in [3.05, 3.63) is 83.8 Å². The van der Waals surface area contributed by atoms with Crippen LogP contribution in [0.15, 0.2) is 67.1 Å². The van der Waals surface area contributed by atoms with E-state index in [0.717, 1.165) is 17.2 Å². The molecule has 1 amide bonds. The van der Waals surface area contributed by atoms with Crippen molar-refractivity contribution in [1.82, 2.24) is 24.9 Å². The molecule has 0 atom stereocenters. The smallest absolute Gasteiger partial charge is 0.368 e. The predicted molar refractivity (Wildman–Crippen MR) is 138 cm³/mol. The molecule has 1 saturated heterocycles. The molecule has 2 aromatic carbocycles. The van der Waals surface area contributed by atoms with Crippen molar-refractivity contribution in [2.75, 3.05) is 43.4 Å². The number of carbonyl (C=O) groups excluding carboxylic acids is 1. The van der Waals surface area contributed by atoms with E-state index in [2.05, 4.69) is 25.5 Å². The summed E-state index contributed by atoms with van der Waals surface area (Å²) in [5.41, 5.74) is 2.59. The number of aromatic nitrogens is 4. The summed E-state index contributed by atoms with van der Waals surface area (Å²) in [6.07, 6.45) is 0.510. The molecule has 1 aliphatic rings. The minimum absolute atomic E-state index is 0.0712. The second-order valence-corrected chi connectivity index (χ2v) is 9.27. The molecule has 11 heteroatoms. The van der Waals surface area contributed by atoms with E-state index in [-0.39, 0.29) is 16.9 Å². The monoisotopic (exact) mass is 521 g/mol. The molecule has 8 nitrogen and oxygen atoms in total. The Morgan fingerprint density at radius 2 is 1.79 bits per heavy atom. The molecule has 0 aliphatic carbocycles. The number of nitrogens with zero attached hydrogens (tertiary/aromatic N) is 6. The van der Waals surface area contributed by atoms with Gasteiger partial charge in [0.2, 0.25) is 0 Å². The lowest BCUT2D eigenvalue weighted by Crippen LogP contribution is -2.45. The van der Waals surface area contributed by atoms with Gasteiger partial charge in [-0.05, 0) is 62.0 Å². The highest BCUT2D eigenvalue weighted by molar-refractivity contribution is 6.04. The fourth-order valence-corrected chi connectivity index (χ4v) is 4.39. The van der Waals surface area contributed by atoms with Gasteiger partial charge < -0.3 is 15.1 Å². The molecular formula is C27H26F3N7O. The fourth-order valence-electron chi connectivity index (χ4n) is 4.39. The first kappa shape index (κ1) is 25.4. The van der Waals surface area contributed by atoms with Crippen LogP contribution in [0.1, 0.15) is 21.5 Å². The van der Waals surface area contributed by atoms with E-state index in [1.807, 2.05) is 20.0 Å². The van der Waals surface area contributed by atoms with E-state index in [9.17, 15) is 18.0 Å². The summed E-state index contributed by atoms with van der Waals surface area (Å²) in [6.45, 7) is 4.24. The standard InChI is InChI=1S/C27H26F3N7O/c1-18-5-6-19(14-25(18)37-17-23(33-34-37)20-4-3-9-31-16-20)26(38)32-21-7-8-24(22(15-21)27(28,29)30)36-12-10-35(2)11-13-36/h3-9,14-17H,10-13H2,1-2H3,(H,32,38). The molecule has 0 radical (unpaired) electrons. The summed E-state index contributed by atoms with van der Waals surface area (Å²) in [5, 5.41) is 11.0. The maximum Gasteiger partial charge on any atom is 0.418 e. The highest BCUT2D eigenvalue weighted by Crippen LogP contribution is 2.38. The third-order valence-electron chi connectivity index (χ3n) is 6.57. The molecule has 1 aliphatic heterocycles. The number of carbonyl (C=O) groups is 1. The van der Waals surface area contributed by atoms with E-state index < -0.39 is 17.6 Å². The first-order valence-corrected chi connectivity index (χ1v) is 12.1. The lowest BCUT2D eigenvalue weighted by atomic mass is 10.1. The number of pyridine rings is 1. The largest absolute Gasteiger partial charge is 0.418 e. The van der Waals surface area contributed by atoms with E-state index in [4.69, 9.17) is 0 Å². The molecule has 2 aromatic heterocycles. The first-order valence-electron chi connectivity index (χ1n) is 12.1. The van der Waals surface area contributed by atoms with E-state index in [1.165, 1.54) is 12.1 Å². The number of hydrogen-bond acceptors (Lipinski definition) is 6. The normalized spacial score (nSPS) is 14.5. The molecule has 1 N–H and O–H groups in total. The van der Waals surface area contributed by atoms with Crippen molar-refractivity contribution in [2.24, 2.45) is 0 Å². The Morgan fingerprint density at radius 3 is 2.50 bits per heavy atom. The number of rotatable bonds is 5. The van der Waals surface area contributed by atoms with Crippen LogP contribution in [0.2, 0.25) is 0 Å². The van der Waals surface area contributed by atoms with Crippen LogP contribution in [0.4, 0.5) is 24.5 Å². The molecule has 3 heterocycles. The highest BCUT2D eigenvalue weighted by Gasteiger charge is 2.36. The summed E-state index contributed by atoms with van der Waals surface area (Å²) in [5.74, 6) is -0.528. The van der Waals surface area contributed by atoms with Gasteiger partial charge in [0, 0.05) is 61.1 Å². The van der Waals surface area contributed by atoms with Crippen molar-refractivity contribution in [3.63, 3.8) is 0 Å². The molecule has 38 heavy (non-hydrogen) atoms. The SMILES string of the molecule is Cc1ccc(C(=O)Nc2ccc(N3CCN(C)CC3)c(C(F)(F)F)c2)cc1-n1cc(-c2cccnc2)nn1. The number of aryl methyl sites for hydroxylation is 1. The van der Waals surface area contributed by atoms with E-state index in [0.29, 0.717) is 37.6 Å². The Bertz CT molecular complexity index is 1440. The Balaban J connectivity index is 1.39. The molecular weight excluding hydrogens is 495 g/mol. The van der Waals surface area contributed by atoms with Crippen molar-refractivity contribution >= 4 is 17.3 Å². The van der Waals surface area contributed by atoms with Crippen LogP contribution >= 0.6 is 0 Å². The minimum Gasteiger partial charge on any atom is -0.368 e. The number of amides is 1. The average Bonchev–Trinajstić information content (AvgIpc) is 3.40. The second kappa shape index (κ2) is 10.3. The van der Waals surface area contributed by atoms with Crippen LogP contribution in [0, 0.1) is 6.92 Å². The number of alkyl halides is 3. The molecule has 196 valence electrons. The van der Waals surface area contributed by atoms with Crippen molar-refractivity contribution in [2.45, 2.75) is 13.1 Å². The summed E-state index contributed by atoms with van der Waals surface area (Å²) in [6, 6.07) is 12.6. The first-order chi connectivity index (χ1) is 18.2. The van der Waals surface area contributed by atoms with Gasteiger partial charge in [-0.2, -0.15) is 13.2 Å². The molecule has 1 fully saturated rings. The number of nitrogens with one attached hydrogen (secondary N) is 1. The topological polar surface area (TPSA) is 79.2 Å². The lowest BCUT2D eigenvalue weighted by Gasteiger charge is -2.35. The lowest BCUT2D eigenvalue weighted by molar-refractivity contribution is -0.137. The zero-order valence-corrected chi connectivity index (χ0v) is 20.9. The van der Waals surface area contributed by atoms with Crippen LogP contribution in [-0.4, -0.2) is 64.0 Å². The van der Waals surface area contributed by atoms with Gasteiger partial charge in [0.1, 0.15) is 5.69 Å². The Kier molecular flexibility index (Phi) is 6.85. The zero-order valence-electron chi connectivity index (χ0n) is 20.9. The number of hydrogen-bond donors (Lipinski definition) is 1. The van der Waals surface area contributed by atoms with Crippen molar-refractivity contribution < 1.29 is 18.0 Å². The summed E-state index contributed by atoms with van der Waals surface area (Å²) in [7, 11) is 1.94. The molecule has 0 bridgehead atoms. The maximum atomic E-state index is 14.0. The number of piperazine rings is 1. The van der Waals surface area contributed by atoms with Gasteiger partial charge in [-0.3, -0.25) is 9.78 Å². The van der Waals surface area contributed by atoms with Crippen LogP contribution < -0.4 is 10.2 Å². The average molecular weight is 522 g/mol. The summed E-state index contributed by atoms with van der Waals surface area (Å²) < 4.78 is 43.4. The van der Waals surface area contributed by atoms with Gasteiger partial charge in [0.25, 0.3) is 5.91 Å². The quantitative estimate of drug-likeness (QED) is 0.412. The van der Waals surface area contributed by atoms with Gasteiger partial charge in [0.05, 0.1) is 17.4 Å². The van der Waals surface area contributed by atoms with Gasteiger partial charge >= 0.3 is 6.18 Å². The van der Waals surface area contributed by atoms with Crippen molar-refractivity contribution in [3.8, 4) is 16.9 Å². The Morgan fingerprint density at radius 1 is 1.00 bits per heavy atom. The van der Waals surface area contributed by atoms with Crippen LogP contribution in [-0.2, 0) is 6.18 Å². The Hall–Kier alpha value is -4.25. The number of anilines is 2. The minimum atomic E-state index is -4.56. The molecule has 4 aromatic rings. The third-order valence-corrected chi connectivity index (χ3v) is 6.57. The molecule has 0 saturated carbocycles. The van der Waals surface area contributed by atoms with Crippen LogP contribution in [0.25, 0.3) is 16.9 Å². The predicted octanol–water partition coefficient (Wildman–Crippen LogP) is 4.66. The van der Waals surface area contributed by atoms with Gasteiger partial charge in [-0.25, -0.2) is 4.68 Å². The fraction of sp³-hybridized carbons (Fsp3) is 0.259. The second-order valence-electron chi connectivity index (χ2n) is 9.27. The number of benzene rings is 2. The van der Waals surface area contributed by atoms with Gasteiger partial charge in [-0.1, -0.05) is 11.3 Å².